The van der Waals surface area contributed by atoms with Gasteiger partial charge >= 0.3 is 0 Å². The largest absolute Gasteiger partial charge is 0.504 e. The van der Waals surface area contributed by atoms with E-state index in [1.807, 2.05) is 12.1 Å². The van der Waals surface area contributed by atoms with E-state index in [1.165, 1.54) is 0 Å². The van der Waals surface area contributed by atoms with Crippen molar-refractivity contribution in [2.45, 2.75) is 6.54 Å². The first-order chi connectivity index (χ1) is 8.20. The summed E-state index contributed by atoms with van der Waals surface area (Å²) in [5.41, 5.74) is 0.858. The number of benzene rings is 1. The van der Waals surface area contributed by atoms with Crippen LogP contribution in [0.5, 0.6) is 11.5 Å². The van der Waals surface area contributed by atoms with Crippen molar-refractivity contribution in [1.29, 1.82) is 0 Å². The van der Waals surface area contributed by atoms with Gasteiger partial charge in [-0.3, -0.25) is 9.11 Å². The molecule has 0 spiro atoms. The zero-order valence-corrected chi connectivity index (χ0v) is 10.7. The zero-order chi connectivity index (χ0) is 12.3. The Hall–Kier alpha value is -1.07. The highest BCUT2D eigenvalue weighted by Crippen LogP contribution is 2.30. The van der Waals surface area contributed by atoms with Gasteiger partial charge in [-0.2, -0.15) is 0 Å². The van der Waals surface area contributed by atoms with E-state index >= 15 is 0 Å². The lowest BCUT2D eigenvalue weighted by Crippen LogP contribution is -2.37. The molecule has 0 unspecified atom stereocenters. The second kappa shape index (κ2) is 5.51. The third-order valence-electron chi connectivity index (χ3n) is 2.97. The number of hydrogen-bond acceptors (Lipinski definition) is 4. The summed E-state index contributed by atoms with van der Waals surface area (Å²) in [4.78, 5) is 2.20. The summed E-state index contributed by atoms with van der Waals surface area (Å²) >= 11 is 0. The third kappa shape index (κ3) is 2.98. The Morgan fingerprint density at radius 2 is 2.12 bits per heavy atom. The summed E-state index contributed by atoms with van der Waals surface area (Å²) in [6.45, 7) is 2.33. The van der Waals surface area contributed by atoms with Gasteiger partial charge in [-0.25, -0.2) is 0 Å². The predicted molar refractivity (Wildman–Crippen MR) is 67.8 cm³/mol. The fourth-order valence-electron chi connectivity index (χ4n) is 1.93. The fraction of sp³-hybridized carbons (Fsp3) is 0.500. The van der Waals surface area contributed by atoms with E-state index in [0.717, 1.165) is 30.2 Å². The topological polar surface area (TPSA) is 49.8 Å². The molecule has 1 aliphatic rings. The van der Waals surface area contributed by atoms with Crippen LogP contribution in [0.25, 0.3) is 0 Å². The minimum atomic E-state index is -0.659. The second-order valence-electron chi connectivity index (χ2n) is 4.09. The first kappa shape index (κ1) is 12.4. The summed E-state index contributed by atoms with van der Waals surface area (Å²) in [6, 6.07) is 5.50. The summed E-state index contributed by atoms with van der Waals surface area (Å²) in [6.07, 6.45) is 0. The van der Waals surface area contributed by atoms with Crippen LogP contribution in [0.4, 0.5) is 0 Å². The minimum Gasteiger partial charge on any atom is -0.504 e. The molecular formula is C12H17NO3S. The van der Waals surface area contributed by atoms with Crippen molar-refractivity contribution in [3.8, 4) is 11.5 Å². The van der Waals surface area contributed by atoms with Crippen molar-refractivity contribution in [1.82, 2.24) is 4.90 Å². The molecule has 1 N–H and O–H groups in total. The van der Waals surface area contributed by atoms with Crippen molar-refractivity contribution >= 4 is 10.8 Å². The van der Waals surface area contributed by atoms with E-state index in [4.69, 9.17) is 4.74 Å². The molecule has 1 heterocycles. The SMILES string of the molecule is COc1cccc(CN2CCS(=O)CC2)c1O. The molecule has 1 saturated heterocycles. The van der Waals surface area contributed by atoms with E-state index in [0.29, 0.717) is 12.3 Å². The van der Waals surface area contributed by atoms with Crippen LogP contribution in [0.15, 0.2) is 18.2 Å². The summed E-state index contributed by atoms with van der Waals surface area (Å²) in [5, 5.41) is 9.96. The Morgan fingerprint density at radius 1 is 1.41 bits per heavy atom. The molecule has 0 amide bonds. The number of phenolic OH excluding ortho intramolecular Hbond substituents is 1. The van der Waals surface area contributed by atoms with Crippen LogP contribution in [0.1, 0.15) is 5.56 Å². The van der Waals surface area contributed by atoms with E-state index in [9.17, 15) is 9.32 Å². The second-order valence-corrected chi connectivity index (χ2v) is 5.79. The molecule has 5 heteroatoms. The van der Waals surface area contributed by atoms with Crippen LogP contribution in [0.3, 0.4) is 0 Å². The van der Waals surface area contributed by atoms with Crippen LogP contribution in [0.2, 0.25) is 0 Å². The van der Waals surface area contributed by atoms with Crippen LogP contribution in [0, 0.1) is 0 Å². The van der Waals surface area contributed by atoms with Crippen molar-refractivity contribution in [3.05, 3.63) is 23.8 Å². The van der Waals surface area contributed by atoms with Crippen molar-refractivity contribution in [3.63, 3.8) is 0 Å². The molecule has 0 bridgehead atoms. The quantitative estimate of drug-likeness (QED) is 0.874. The molecule has 0 aromatic heterocycles. The first-order valence-corrected chi connectivity index (χ1v) is 7.11. The molecule has 1 fully saturated rings. The number of rotatable bonds is 3. The Bertz CT molecular complexity index is 412. The van der Waals surface area contributed by atoms with E-state index < -0.39 is 10.8 Å². The van der Waals surface area contributed by atoms with Crippen LogP contribution >= 0.6 is 0 Å². The average molecular weight is 255 g/mol. The molecule has 0 aliphatic carbocycles. The maximum absolute atomic E-state index is 11.2. The molecule has 1 aromatic carbocycles. The predicted octanol–water partition coefficient (Wildman–Crippen LogP) is 0.965. The van der Waals surface area contributed by atoms with Crippen LogP contribution in [-0.4, -0.2) is 45.9 Å². The Labute approximate surface area is 104 Å². The van der Waals surface area contributed by atoms with Crippen LogP contribution in [-0.2, 0) is 17.3 Å². The number of para-hydroxylation sites is 1. The number of aromatic hydroxyl groups is 1. The standard InChI is InChI=1S/C12H17NO3S/c1-16-11-4-2-3-10(12(11)14)9-13-5-7-17(15)8-6-13/h2-4,14H,5-9H2,1H3. The molecule has 4 nitrogen and oxygen atoms in total. The number of methoxy groups -OCH3 is 1. The number of ether oxygens (including phenoxy) is 1. The summed E-state index contributed by atoms with van der Waals surface area (Å²) in [5.74, 6) is 2.17. The lowest BCUT2D eigenvalue weighted by molar-refractivity contribution is 0.284. The molecule has 1 aliphatic heterocycles. The fourth-order valence-corrected chi connectivity index (χ4v) is 3.06. The molecule has 94 valence electrons. The molecule has 2 rings (SSSR count). The van der Waals surface area contributed by atoms with Gasteiger partial charge in [-0.15, -0.1) is 0 Å². The van der Waals surface area contributed by atoms with Crippen LogP contribution < -0.4 is 4.74 Å². The van der Waals surface area contributed by atoms with Gasteiger partial charge in [0.15, 0.2) is 11.5 Å². The van der Waals surface area contributed by atoms with Gasteiger partial charge < -0.3 is 9.84 Å². The maximum atomic E-state index is 11.2. The number of phenols is 1. The highest BCUT2D eigenvalue weighted by molar-refractivity contribution is 7.85. The minimum absolute atomic E-state index is 0.210. The zero-order valence-electron chi connectivity index (χ0n) is 9.89. The molecular weight excluding hydrogens is 238 g/mol. The van der Waals surface area contributed by atoms with Crippen molar-refractivity contribution in [2.24, 2.45) is 0 Å². The summed E-state index contributed by atoms with van der Waals surface area (Å²) in [7, 11) is 0.885. The Balaban J connectivity index is 2.06. The van der Waals surface area contributed by atoms with Crippen molar-refractivity contribution < 1.29 is 14.1 Å². The smallest absolute Gasteiger partial charge is 0.162 e. The molecule has 17 heavy (non-hydrogen) atoms. The highest BCUT2D eigenvalue weighted by atomic mass is 32.2. The lowest BCUT2D eigenvalue weighted by atomic mass is 10.1. The monoisotopic (exact) mass is 255 g/mol. The van der Waals surface area contributed by atoms with Gasteiger partial charge in [0.05, 0.1) is 7.11 Å². The Kier molecular flexibility index (Phi) is 4.02. The molecule has 1 aromatic rings. The van der Waals surface area contributed by atoms with E-state index in [2.05, 4.69) is 4.90 Å². The molecule has 0 atom stereocenters. The maximum Gasteiger partial charge on any atom is 0.162 e. The average Bonchev–Trinajstić information content (AvgIpc) is 2.35. The van der Waals surface area contributed by atoms with Gasteiger partial charge in [0, 0.05) is 47.5 Å². The Morgan fingerprint density at radius 3 is 2.76 bits per heavy atom. The van der Waals surface area contributed by atoms with Gasteiger partial charge in [0.1, 0.15) is 0 Å². The van der Waals surface area contributed by atoms with E-state index in [1.54, 1.807) is 13.2 Å². The number of hydrogen-bond donors (Lipinski definition) is 1. The third-order valence-corrected chi connectivity index (χ3v) is 4.24. The van der Waals surface area contributed by atoms with Gasteiger partial charge in [-0.05, 0) is 6.07 Å². The van der Waals surface area contributed by atoms with Gasteiger partial charge in [-0.1, -0.05) is 12.1 Å². The lowest BCUT2D eigenvalue weighted by Gasteiger charge is -2.26. The highest BCUT2D eigenvalue weighted by Gasteiger charge is 2.17. The number of nitrogens with zero attached hydrogens (tertiary/aromatic N) is 1. The van der Waals surface area contributed by atoms with Gasteiger partial charge in [0.2, 0.25) is 0 Å². The van der Waals surface area contributed by atoms with E-state index in [-0.39, 0.29) is 5.75 Å². The molecule has 0 radical (unpaired) electrons. The normalized spacial score (nSPS) is 18.2. The van der Waals surface area contributed by atoms with Crippen molar-refractivity contribution in [2.75, 3.05) is 31.7 Å². The first-order valence-electron chi connectivity index (χ1n) is 5.63. The van der Waals surface area contributed by atoms with Gasteiger partial charge in [0.25, 0.3) is 0 Å². The summed E-state index contributed by atoms with van der Waals surface area (Å²) < 4.78 is 16.3. The molecule has 0 saturated carbocycles.